The van der Waals surface area contributed by atoms with E-state index in [1.165, 1.54) is 25.7 Å². The summed E-state index contributed by atoms with van der Waals surface area (Å²) in [6, 6.07) is 0.616. The molecule has 2 N–H and O–H groups in total. The number of hydrogen-bond acceptors (Lipinski definition) is 3. The molecule has 2 unspecified atom stereocenters. The second-order valence-corrected chi connectivity index (χ2v) is 6.61. The SMILES string of the molecule is CCC1CCCCN1CCNC(=O)N(C)CC(O)C1CC1. The average Bonchev–Trinajstić information content (AvgIpc) is 3.32. The quantitative estimate of drug-likeness (QED) is 0.751. The van der Waals surface area contributed by atoms with Gasteiger partial charge in [-0.1, -0.05) is 13.3 Å². The van der Waals surface area contributed by atoms with Gasteiger partial charge < -0.3 is 15.3 Å². The average molecular weight is 297 g/mol. The van der Waals surface area contributed by atoms with Gasteiger partial charge in [-0.15, -0.1) is 0 Å². The zero-order chi connectivity index (χ0) is 15.2. The molecule has 0 aromatic carbocycles. The molecule has 1 saturated carbocycles. The zero-order valence-electron chi connectivity index (χ0n) is 13.6. The number of carbonyl (C=O) groups excluding carboxylic acids is 1. The monoisotopic (exact) mass is 297 g/mol. The van der Waals surface area contributed by atoms with E-state index < -0.39 is 0 Å². The molecule has 2 rings (SSSR count). The molecule has 0 aromatic heterocycles. The van der Waals surface area contributed by atoms with Crippen LogP contribution < -0.4 is 5.32 Å². The molecule has 122 valence electrons. The van der Waals surface area contributed by atoms with Crippen LogP contribution in [0.1, 0.15) is 45.4 Å². The fourth-order valence-electron chi connectivity index (χ4n) is 3.25. The van der Waals surface area contributed by atoms with E-state index in [9.17, 15) is 9.90 Å². The molecular weight excluding hydrogens is 266 g/mol. The summed E-state index contributed by atoms with van der Waals surface area (Å²) >= 11 is 0. The second kappa shape index (κ2) is 7.99. The predicted octanol–water partition coefficient (Wildman–Crippen LogP) is 1.66. The van der Waals surface area contributed by atoms with Crippen molar-refractivity contribution < 1.29 is 9.90 Å². The Kier molecular flexibility index (Phi) is 6.30. The number of nitrogens with one attached hydrogen (secondary N) is 1. The first kappa shape index (κ1) is 16.6. The van der Waals surface area contributed by atoms with Crippen molar-refractivity contribution in [2.45, 2.75) is 57.6 Å². The van der Waals surface area contributed by atoms with Crippen LogP contribution in [0.3, 0.4) is 0 Å². The summed E-state index contributed by atoms with van der Waals surface area (Å²) in [4.78, 5) is 16.1. The molecule has 0 radical (unpaired) electrons. The summed E-state index contributed by atoms with van der Waals surface area (Å²) in [7, 11) is 1.76. The van der Waals surface area contributed by atoms with Crippen LogP contribution >= 0.6 is 0 Å². The highest BCUT2D eigenvalue weighted by molar-refractivity contribution is 5.73. The maximum Gasteiger partial charge on any atom is 0.317 e. The summed E-state index contributed by atoms with van der Waals surface area (Å²) in [6.45, 7) is 5.47. The lowest BCUT2D eigenvalue weighted by molar-refractivity contribution is 0.112. The minimum absolute atomic E-state index is 0.0697. The van der Waals surface area contributed by atoms with Gasteiger partial charge in [0.2, 0.25) is 0 Å². The molecule has 21 heavy (non-hydrogen) atoms. The molecule has 1 saturated heterocycles. The van der Waals surface area contributed by atoms with Crippen LogP contribution in [0.4, 0.5) is 4.79 Å². The van der Waals surface area contributed by atoms with Crippen LogP contribution in [-0.4, -0.2) is 66.3 Å². The van der Waals surface area contributed by atoms with E-state index in [1.54, 1.807) is 11.9 Å². The van der Waals surface area contributed by atoms with E-state index in [4.69, 9.17) is 0 Å². The molecule has 2 fully saturated rings. The first-order chi connectivity index (χ1) is 10.1. The number of urea groups is 1. The molecule has 0 bridgehead atoms. The lowest BCUT2D eigenvalue weighted by Crippen LogP contribution is -2.47. The molecule has 1 aliphatic carbocycles. The first-order valence-corrected chi connectivity index (χ1v) is 8.53. The van der Waals surface area contributed by atoms with E-state index in [1.807, 2.05) is 0 Å². The predicted molar refractivity (Wildman–Crippen MR) is 84.3 cm³/mol. The molecule has 2 aliphatic rings. The Hall–Kier alpha value is -0.810. The minimum atomic E-state index is -0.354. The molecule has 5 heteroatoms. The van der Waals surface area contributed by atoms with Crippen molar-refractivity contribution in [1.29, 1.82) is 0 Å². The number of carbonyl (C=O) groups is 1. The van der Waals surface area contributed by atoms with Crippen LogP contribution in [0.15, 0.2) is 0 Å². The lowest BCUT2D eigenvalue weighted by atomic mass is 10.0. The number of aliphatic hydroxyl groups excluding tert-OH is 1. The largest absolute Gasteiger partial charge is 0.391 e. The number of rotatable bonds is 7. The third-order valence-corrected chi connectivity index (χ3v) is 4.87. The highest BCUT2D eigenvalue weighted by atomic mass is 16.3. The Labute approximate surface area is 128 Å². The van der Waals surface area contributed by atoms with Gasteiger partial charge in [0.05, 0.1) is 6.10 Å². The first-order valence-electron chi connectivity index (χ1n) is 8.53. The smallest absolute Gasteiger partial charge is 0.317 e. The van der Waals surface area contributed by atoms with E-state index in [2.05, 4.69) is 17.1 Å². The van der Waals surface area contributed by atoms with Crippen LogP contribution in [0.25, 0.3) is 0 Å². The topological polar surface area (TPSA) is 55.8 Å². The summed E-state index contributed by atoms with van der Waals surface area (Å²) < 4.78 is 0. The van der Waals surface area contributed by atoms with Gasteiger partial charge in [0, 0.05) is 32.7 Å². The minimum Gasteiger partial charge on any atom is -0.391 e. The van der Waals surface area contributed by atoms with Crippen molar-refractivity contribution in [1.82, 2.24) is 15.1 Å². The van der Waals surface area contributed by atoms with E-state index in [-0.39, 0.29) is 12.1 Å². The van der Waals surface area contributed by atoms with E-state index in [0.717, 1.165) is 25.9 Å². The molecule has 2 atom stereocenters. The van der Waals surface area contributed by atoms with Gasteiger partial charge in [0.25, 0.3) is 0 Å². The van der Waals surface area contributed by atoms with Crippen molar-refractivity contribution in [3.8, 4) is 0 Å². The van der Waals surface area contributed by atoms with E-state index >= 15 is 0 Å². The van der Waals surface area contributed by atoms with Gasteiger partial charge in [-0.05, 0) is 44.6 Å². The number of piperidine rings is 1. The fourth-order valence-corrected chi connectivity index (χ4v) is 3.25. The Morgan fingerprint density at radius 2 is 2.14 bits per heavy atom. The van der Waals surface area contributed by atoms with Crippen molar-refractivity contribution in [3.63, 3.8) is 0 Å². The maximum absolute atomic E-state index is 12.0. The van der Waals surface area contributed by atoms with Gasteiger partial charge in [-0.25, -0.2) is 4.79 Å². The van der Waals surface area contributed by atoms with Crippen molar-refractivity contribution in [2.24, 2.45) is 5.92 Å². The summed E-state index contributed by atoms with van der Waals surface area (Å²) in [5.74, 6) is 0.416. The van der Waals surface area contributed by atoms with Gasteiger partial charge in [0.1, 0.15) is 0 Å². The molecule has 1 aliphatic heterocycles. The number of aliphatic hydroxyl groups is 1. The number of nitrogens with zero attached hydrogens (tertiary/aromatic N) is 2. The maximum atomic E-state index is 12.0. The third-order valence-electron chi connectivity index (χ3n) is 4.87. The van der Waals surface area contributed by atoms with Gasteiger partial charge in [-0.2, -0.15) is 0 Å². The summed E-state index contributed by atoms with van der Waals surface area (Å²) in [5, 5.41) is 12.8. The van der Waals surface area contributed by atoms with Crippen molar-refractivity contribution in [3.05, 3.63) is 0 Å². The molecule has 0 aromatic rings. The standard InChI is InChI=1S/C16H31N3O2/c1-3-14-6-4-5-10-19(14)11-9-17-16(21)18(2)12-15(20)13-7-8-13/h13-15,20H,3-12H2,1-2H3,(H,17,21). The Balaban J connectivity index is 1.63. The molecule has 0 spiro atoms. The third kappa shape index (κ3) is 5.15. The Bertz CT molecular complexity index is 333. The molecular formula is C16H31N3O2. The molecule has 5 nitrogen and oxygen atoms in total. The second-order valence-electron chi connectivity index (χ2n) is 6.61. The van der Waals surface area contributed by atoms with Crippen LogP contribution in [-0.2, 0) is 0 Å². The summed E-state index contributed by atoms with van der Waals surface area (Å²) in [6.07, 6.45) is 6.95. The van der Waals surface area contributed by atoms with Crippen LogP contribution in [0.5, 0.6) is 0 Å². The van der Waals surface area contributed by atoms with Gasteiger partial charge >= 0.3 is 6.03 Å². The van der Waals surface area contributed by atoms with Gasteiger partial charge in [0.15, 0.2) is 0 Å². The highest BCUT2D eigenvalue weighted by Gasteiger charge is 2.31. The van der Waals surface area contributed by atoms with Gasteiger partial charge in [-0.3, -0.25) is 4.90 Å². The molecule has 2 amide bonds. The molecule has 1 heterocycles. The number of likely N-dealkylation sites (tertiary alicyclic amines) is 1. The number of amides is 2. The zero-order valence-corrected chi connectivity index (χ0v) is 13.6. The normalized spacial score (nSPS) is 24.6. The Morgan fingerprint density at radius 3 is 2.81 bits per heavy atom. The van der Waals surface area contributed by atoms with Crippen molar-refractivity contribution in [2.75, 3.05) is 33.2 Å². The van der Waals surface area contributed by atoms with Crippen molar-refractivity contribution >= 4 is 6.03 Å². The van der Waals surface area contributed by atoms with Crippen LogP contribution in [0.2, 0.25) is 0 Å². The van der Waals surface area contributed by atoms with E-state index in [0.29, 0.717) is 25.0 Å². The lowest BCUT2D eigenvalue weighted by Gasteiger charge is -2.35. The number of hydrogen-bond donors (Lipinski definition) is 2. The number of likely N-dealkylation sites (N-methyl/N-ethyl adjacent to an activating group) is 1. The Morgan fingerprint density at radius 1 is 1.38 bits per heavy atom. The summed E-state index contributed by atoms with van der Waals surface area (Å²) in [5.41, 5.74) is 0. The highest BCUT2D eigenvalue weighted by Crippen LogP contribution is 2.32. The fraction of sp³-hybridized carbons (Fsp3) is 0.938. The van der Waals surface area contributed by atoms with Crippen LogP contribution in [0, 0.1) is 5.92 Å².